The van der Waals surface area contributed by atoms with Crippen molar-refractivity contribution >= 4 is 0 Å². The van der Waals surface area contributed by atoms with Crippen molar-refractivity contribution in [2.75, 3.05) is 0 Å². The zero-order valence-corrected chi connectivity index (χ0v) is 18.2. The van der Waals surface area contributed by atoms with E-state index in [1.54, 1.807) is 0 Å². The molecule has 0 aromatic heterocycles. The Morgan fingerprint density at radius 2 is 1.00 bits per heavy atom. The van der Waals surface area contributed by atoms with Crippen LogP contribution in [0.3, 0.4) is 0 Å². The van der Waals surface area contributed by atoms with Crippen LogP contribution >= 0.6 is 0 Å². The maximum Gasteiger partial charge on any atom is -0.0230 e. The summed E-state index contributed by atoms with van der Waals surface area (Å²) in [6.07, 6.45) is 1.16. The van der Waals surface area contributed by atoms with Gasteiger partial charge in [0.15, 0.2) is 0 Å². The van der Waals surface area contributed by atoms with Crippen molar-refractivity contribution in [2.45, 2.75) is 89.5 Å². The summed E-state index contributed by atoms with van der Waals surface area (Å²) < 4.78 is 0. The minimum Gasteiger partial charge on any atom is -0.0623 e. The number of hydrogen-bond acceptors (Lipinski definition) is 0. The van der Waals surface area contributed by atoms with E-state index < -0.39 is 0 Å². The van der Waals surface area contributed by atoms with Crippen LogP contribution in [0.5, 0.6) is 0 Å². The van der Waals surface area contributed by atoms with Gasteiger partial charge in [0, 0.05) is 0 Å². The van der Waals surface area contributed by atoms with Crippen LogP contribution in [0.4, 0.5) is 0 Å². The lowest BCUT2D eigenvalue weighted by Gasteiger charge is -2.22. The molecule has 0 N–H and O–H groups in total. The molecule has 0 fully saturated rings. The first-order valence-electron chi connectivity index (χ1n) is 9.06. The highest BCUT2D eigenvalue weighted by Gasteiger charge is 2.13. The van der Waals surface area contributed by atoms with Crippen LogP contribution < -0.4 is 0 Å². The molecule has 1 rings (SSSR count). The smallest absolute Gasteiger partial charge is 0.0230 e. The normalized spacial score (nSPS) is 12.0. The predicted molar refractivity (Wildman–Crippen MR) is 109 cm³/mol. The first-order chi connectivity index (χ1) is 10.0. The van der Waals surface area contributed by atoms with Gasteiger partial charge in [-0.1, -0.05) is 113 Å². The molecule has 0 unspecified atom stereocenters. The molecule has 0 spiro atoms. The summed E-state index contributed by atoms with van der Waals surface area (Å²) in [4.78, 5) is 0. The Bertz CT molecular complexity index is 371. The summed E-state index contributed by atoms with van der Waals surface area (Å²) in [5.74, 6) is 0.799. The Balaban J connectivity index is 0. The standard InChI is InChI=1S/C11H16.C7H16.C5H12/c1-11(2,3)9-10-7-5-4-6-8-10;1-6(2)7(3,4)5;1-5(2,3)4/h4-8H,9H2,1-3H3;6H,1-5H3;1-4H3. The highest BCUT2D eigenvalue weighted by molar-refractivity contribution is 5.15. The third kappa shape index (κ3) is 23.6. The van der Waals surface area contributed by atoms with Gasteiger partial charge >= 0.3 is 0 Å². The summed E-state index contributed by atoms with van der Waals surface area (Å²) in [6.45, 7) is 26.8. The van der Waals surface area contributed by atoms with E-state index in [0.717, 1.165) is 12.3 Å². The molecule has 0 aliphatic carbocycles. The van der Waals surface area contributed by atoms with Gasteiger partial charge in [-0.2, -0.15) is 0 Å². The fraction of sp³-hybridized carbons (Fsp3) is 0.739. The Kier molecular flexibility index (Phi) is 10.8. The molecule has 23 heavy (non-hydrogen) atoms. The fourth-order valence-electron chi connectivity index (χ4n) is 1.21. The predicted octanol–water partition coefficient (Wildman–Crippen LogP) is 8.02. The van der Waals surface area contributed by atoms with E-state index >= 15 is 0 Å². The lowest BCUT2D eigenvalue weighted by atomic mass is 9.84. The van der Waals surface area contributed by atoms with E-state index in [1.807, 2.05) is 0 Å². The van der Waals surface area contributed by atoms with Gasteiger partial charge in [0.2, 0.25) is 0 Å². The maximum atomic E-state index is 2.26. The zero-order chi connectivity index (χ0) is 18.9. The molecule has 136 valence electrons. The number of rotatable bonds is 1. The van der Waals surface area contributed by atoms with Crippen LogP contribution in [-0.4, -0.2) is 0 Å². The van der Waals surface area contributed by atoms with Gasteiger partial charge < -0.3 is 0 Å². The van der Waals surface area contributed by atoms with E-state index in [9.17, 15) is 0 Å². The fourth-order valence-corrected chi connectivity index (χ4v) is 1.21. The monoisotopic (exact) mass is 320 g/mol. The minimum absolute atomic E-state index is 0.404. The van der Waals surface area contributed by atoms with Crippen molar-refractivity contribution < 1.29 is 0 Å². The van der Waals surface area contributed by atoms with Gasteiger partial charge in [-0.15, -0.1) is 0 Å². The van der Waals surface area contributed by atoms with Crippen molar-refractivity contribution in [2.24, 2.45) is 22.2 Å². The molecule has 0 radical (unpaired) electrons. The van der Waals surface area contributed by atoms with Crippen LogP contribution in [0.25, 0.3) is 0 Å². The summed E-state index contributed by atoms with van der Waals surface area (Å²) >= 11 is 0. The molecule has 0 nitrogen and oxygen atoms in total. The largest absolute Gasteiger partial charge is 0.0623 e. The van der Waals surface area contributed by atoms with E-state index in [1.165, 1.54) is 5.56 Å². The van der Waals surface area contributed by atoms with E-state index in [-0.39, 0.29) is 0 Å². The molecule has 0 saturated heterocycles. The lowest BCUT2D eigenvalue weighted by Crippen LogP contribution is -2.12. The molecule has 1 aromatic carbocycles. The van der Waals surface area contributed by atoms with Crippen molar-refractivity contribution in [1.29, 1.82) is 0 Å². The van der Waals surface area contributed by atoms with E-state index in [4.69, 9.17) is 0 Å². The molecule has 0 atom stereocenters. The SMILES string of the molecule is CC(C)(C)C.CC(C)(C)Cc1ccccc1.CC(C)C(C)(C)C. The molecule has 1 aromatic rings. The van der Waals surface area contributed by atoms with Crippen LogP contribution in [0, 0.1) is 22.2 Å². The third-order valence-corrected chi connectivity index (χ3v) is 3.31. The topological polar surface area (TPSA) is 0 Å². The van der Waals surface area contributed by atoms with Crippen LogP contribution in [-0.2, 0) is 6.42 Å². The van der Waals surface area contributed by atoms with Gasteiger partial charge in [-0.25, -0.2) is 0 Å². The van der Waals surface area contributed by atoms with Crippen molar-refractivity contribution in [3.8, 4) is 0 Å². The van der Waals surface area contributed by atoms with Gasteiger partial charge in [0.25, 0.3) is 0 Å². The molecular formula is C23H44. The highest BCUT2D eigenvalue weighted by atomic mass is 14.2. The average molecular weight is 321 g/mol. The summed E-state index contributed by atoms with van der Waals surface area (Å²) in [5, 5.41) is 0. The van der Waals surface area contributed by atoms with Gasteiger partial charge in [-0.05, 0) is 34.1 Å². The first kappa shape index (κ1) is 24.5. The van der Waals surface area contributed by atoms with Crippen LogP contribution in [0.1, 0.15) is 88.6 Å². The number of benzene rings is 1. The Labute approximate surface area is 148 Å². The zero-order valence-electron chi connectivity index (χ0n) is 18.2. The second-order valence-corrected chi connectivity index (χ2v) is 10.7. The van der Waals surface area contributed by atoms with Crippen molar-refractivity contribution in [1.82, 2.24) is 0 Å². The molecule has 0 heterocycles. The molecule has 0 amide bonds. The molecule has 0 aliphatic heterocycles. The average Bonchev–Trinajstić information content (AvgIpc) is 2.25. The quantitative estimate of drug-likeness (QED) is 0.491. The van der Waals surface area contributed by atoms with Gasteiger partial charge in [0.1, 0.15) is 0 Å². The van der Waals surface area contributed by atoms with Crippen molar-refractivity contribution in [3.63, 3.8) is 0 Å². The minimum atomic E-state index is 0.404. The summed E-state index contributed by atoms with van der Waals surface area (Å²) in [7, 11) is 0. The third-order valence-electron chi connectivity index (χ3n) is 3.31. The molecule has 0 bridgehead atoms. The summed E-state index contributed by atoms with van der Waals surface area (Å²) in [5.41, 5.74) is 2.83. The Hall–Kier alpha value is -0.780. The first-order valence-corrected chi connectivity index (χ1v) is 9.06. The Morgan fingerprint density at radius 1 is 0.696 bits per heavy atom. The van der Waals surface area contributed by atoms with E-state index in [0.29, 0.717) is 16.2 Å². The van der Waals surface area contributed by atoms with Gasteiger partial charge in [0.05, 0.1) is 0 Å². The number of hydrogen-bond donors (Lipinski definition) is 0. The maximum absolute atomic E-state index is 2.26. The van der Waals surface area contributed by atoms with Gasteiger partial charge in [-0.3, -0.25) is 0 Å². The Morgan fingerprint density at radius 3 is 1.22 bits per heavy atom. The van der Waals surface area contributed by atoms with Crippen molar-refractivity contribution in [3.05, 3.63) is 35.9 Å². The second kappa shape index (κ2) is 10.2. The molecule has 0 aliphatic rings. The summed E-state index contributed by atoms with van der Waals surface area (Å²) in [6, 6.07) is 10.6. The molecule has 0 saturated carbocycles. The lowest BCUT2D eigenvalue weighted by molar-refractivity contribution is 0.283. The highest BCUT2D eigenvalue weighted by Crippen LogP contribution is 2.23. The van der Waals surface area contributed by atoms with Crippen LogP contribution in [0.2, 0.25) is 0 Å². The molecular weight excluding hydrogens is 276 g/mol. The van der Waals surface area contributed by atoms with Crippen LogP contribution in [0.15, 0.2) is 30.3 Å². The van der Waals surface area contributed by atoms with E-state index in [2.05, 4.69) is 113 Å². The molecule has 0 heteroatoms. The second-order valence-electron chi connectivity index (χ2n) is 10.7.